The first-order valence-corrected chi connectivity index (χ1v) is 6.78. The number of carbonyl (C=O) groups is 1. The maximum absolute atomic E-state index is 11.8. The number of ether oxygens (including phenoxy) is 2. The van der Waals surface area contributed by atoms with Gasteiger partial charge in [0.25, 0.3) is 0 Å². The minimum Gasteiger partial charge on any atom is -0.481 e. The van der Waals surface area contributed by atoms with Crippen LogP contribution >= 0.6 is 0 Å². The van der Waals surface area contributed by atoms with Crippen LogP contribution < -0.4 is 10.1 Å². The minimum absolute atomic E-state index is 0.237. The molecule has 0 radical (unpaired) electrons. The predicted molar refractivity (Wildman–Crippen MR) is 76.6 cm³/mol. The molecule has 0 aromatic carbocycles. The second-order valence-electron chi connectivity index (χ2n) is 5.28. The molecule has 0 aliphatic carbocycles. The van der Waals surface area contributed by atoms with Crippen LogP contribution in [0, 0.1) is 12.8 Å². The van der Waals surface area contributed by atoms with E-state index in [0.29, 0.717) is 18.3 Å². The molecule has 6 heteroatoms. The van der Waals surface area contributed by atoms with Gasteiger partial charge < -0.3 is 14.8 Å². The molecule has 0 aliphatic rings. The fraction of sp³-hybridized carbons (Fsp3) is 0.714. The van der Waals surface area contributed by atoms with E-state index in [1.807, 2.05) is 14.0 Å². The Balaban J connectivity index is 2.79. The summed E-state index contributed by atoms with van der Waals surface area (Å²) < 4.78 is 11.9. The van der Waals surface area contributed by atoms with Gasteiger partial charge in [0.05, 0.1) is 25.5 Å². The van der Waals surface area contributed by atoms with Crippen molar-refractivity contribution in [3.63, 3.8) is 0 Å². The zero-order valence-electron chi connectivity index (χ0n) is 13.2. The van der Waals surface area contributed by atoms with Gasteiger partial charge in [-0.2, -0.15) is 5.10 Å². The minimum atomic E-state index is -0.315. The van der Waals surface area contributed by atoms with Crippen LogP contribution in [0.4, 0.5) is 0 Å². The van der Waals surface area contributed by atoms with Crippen molar-refractivity contribution in [3.8, 4) is 5.88 Å². The normalized spacial score (nSPS) is 12.6. The largest absolute Gasteiger partial charge is 0.481 e. The Labute approximate surface area is 120 Å². The van der Waals surface area contributed by atoms with E-state index >= 15 is 0 Å². The van der Waals surface area contributed by atoms with Gasteiger partial charge in [-0.25, -0.2) is 4.68 Å². The van der Waals surface area contributed by atoms with Crippen molar-refractivity contribution in [2.24, 2.45) is 13.0 Å². The molecule has 1 aromatic heterocycles. The number of aryl methyl sites for hydroxylation is 2. The SMILES string of the molecule is COC(=O)C(CC(C)C)NCc1c(C)nn(C)c1OC. The standard InChI is InChI=1S/C14H25N3O3/c1-9(2)7-12(14(18)20-6)15-8-11-10(3)16-17(4)13(11)19-5/h9,12,15H,7-8H2,1-6H3. The van der Waals surface area contributed by atoms with Gasteiger partial charge in [0.1, 0.15) is 6.04 Å². The molecule has 1 aromatic rings. The average Bonchev–Trinajstić information content (AvgIpc) is 2.66. The zero-order chi connectivity index (χ0) is 15.3. The number of carbonyl (C=O) groups excluding carboxylic acids is 1. The van der Waals surface area contributed by atoms with E-state index < -0.39 is 0 Å². The maximum Gasteiger partial charge on any atom is 0.322 e. The second kappa shape index (κ2) is 7.28. The monoisotopic (exact) mass is 283 g/mol. The lowest BCUT2D eigenvalue weighted by atomic mass is 10.0. The van der Waals surface area contributed by atoms with Crippen LogP contribution in [0.3, 0.4) is 0 Å². The Kier molecular flexibility index (Phi) is 6.01. The highest BCUT2D eigenvalue weighted by Gasteiger charge is 2.22. The highest BCUT2D eigenvalue weighted by molar-refractivity contribution is 5.75. The van der Waals surface area contributed by atoms with Crippen molar-refractivity contribution in [1.82, 2.24) is 15.1 Å². The molecule has 114 valence electrons. The van der Waals surface area contributed by atoms with E-state index in [0.717, 1.165) is 17.7 Å². The Morgan fingerprint density at radius 3 is 2.55 bits per heavy atom. The number of hydrogen-bond acceptors (Lipinski definition) is 5. The molecule has 1 unspecified atom stereocenters. The van der Waals surface area contributed by atoms with Crippen molar-refractivity contribution in [2.75, 3.05) is 14.2 Å². The zero-order valence-corrected chi connectivity index (χ0v) is 13.2. The topological polar surface area (TPSA) is 65.4 Å². The first-order chi connectivity index (χ1) is 9.40. The fourth-order valence-corrected chi connectivity index (χ4v) is 2.24. The van der Waals surface area contributed by atoms with E-state index in [4.69, 9.17) is 9.47 Å². The lowest BCUT2D eigenvalue weighted by Crippen LogP contribution is -2.38. The summed E-state index contributed by atoms with van der Waals surface area (Å²) in [5, 5.41) is 7.56. The Morgan fingerprint density at radius 2 is 2.05 bits per heavy atom. The van der Waals surface area contributed by atoms with Crippen LogP contribution in [0.2, 0.25) is 0 Å². The van der Waals surface area contributed by atoms with Gasteiger partial charge >= 0.3 is 5.97 Å². The molecule has 0 saturated carbocycles. The second-order valence-corrected chi connectivity index (χ2v) is 5.28. The summed E-state index contributed by atoms with van der Waals surface area (Å²) in [5.74, 6) is 0.880. The molecule has 1 atom stereocenters. The van der Waals surface area contributed by atoms with Crippen molar-refractivity contribution in [2.45, 2.75) is 39.8 Å². The summed E-state index contributed by atoms with van der Waals surface area (Å²) in [7, 11) is 4.86. The molecule has 0 aliphatic heterocycles. The van der Waals surface area contributed by atoms with E-state index in [1.54, 1.807) is 11.8 Å². The first kappa shape index (κ1) is 16.5. The number of nitrogens with one attached hydrogen (secondary N) is 1. The Morgan fingerprint density at radius 1 is 1.40 bits per heavy atom. The van der Waals surface area contributed by atoms with Crippen molar-refractivity contribution in [1.29, 1.82) is 0 Å². The molecule has 1 rings (SSSR count). The van der Waals surface area contributed by atoms with Gasteiger partial charge in [-0.15, -0.1) is 0 Å². The molecule has 0 spiro atoms. The molecular formula is C14H25N3O3. The van der Waals surface area contributed by atoms with Crippen LogP contribution in [0.1, 0.15) is 31.5 Å². The summed E-state index contributed by atoms with van der Waals surface area (Å²) in [5.41, 5.74) is 1.86. The van der Waals surface area contributed by atoms with Crippen LogP contribution in [0.15, 0.2) is 0 Å². The van der Waals surface area contributed by atoms with E-state index in [9.17, 15) is 4.79 Å². The summed E-state index contributed by atoms with van der Waals surface area (Å²) in [6, 6.07) is -0.315. The summed E-state index contributed by atoms with van der Waals surface area (Å²) >= 11 is 0. The van der Waals surface area contributed by atoms with Crippen molar-refractivity contribution in [3.05, 3.63) is 11.3 Å². The lowest BCUT2D eigenvalue weighted by Gasteiger charge is -2.18. The third kappa shape index (κ3) is 3.96. The highest BCUT2D eigenvalue weighted by Crippen LogP contribution is 2.21. The van der Waals surface area contributed by atoms with Crippen LogP contribution in [-0.2, 0) is 23.1 Å². The third-order valence-electron chi connectivity index (χ3n) is 3.20. The van der Waals surface area contributed by atoms with E-state index in [1.165, 1.54) is 7.11 Å². The van der Waals surface area contributed by atoms with Crippen molar-refractivity contribution >= 4 is 5.97 Å². The molecule has 20 heavy (non-hydrogen) atoms. The average molecular weight is 283 g/mol. The first-order valence-electron chi connectivity index (χ1n) is 6.78. The van der Waals surface area contributed by atoms with E-state index in [2.05, 4.69) is 24.3 Å². The smallest absolute Gasteiger partial charge is 0.322 e. The molecule has 6 nitrogen and oxygen atoms in total. The fourth-order valence-electron chi connectivity index (χ4n) is 2.24. The van der Waals surface area contributed by atoms with Crippen LogP contribution in [0.25, 0.3) is 0 Å². The number of rotatable bonds is 7. The lowest BCUT2D eigenvalue weighted by molar-refractivity contribution is -0.143. The van der Waals surface area contributed by atoms with Gasteiger partial charge in [-0.05, 0) is 19.3 Å². The van der Waals surface area contributed by atoms with Gasteiger partial charge in [0, 0.05) is 13.6 Å². The molecule has 0 fully saturated rings. The molecule has 0 amide bonds. The quantitative estimate of drug-likeness (QED) is 0.767. The van der Waals surface area contributed by atoms with Crippen LogP contribution in [-0.4, -0.2) is 36.0 Å². The summed E-state index contributed by atoms with van der Waals surface area (Å²) in [6.07, 6.45) is 0.730. The van der Waals surface area contributed by atoms with Gasteiger partial charge in [0.2, 0.25) is 5.88 Å². The molecular weight excluding hydrogens is 258 g/mol. The maximum atomic E-state index is 11.8. The predicted octanol–water partition coefficient (Wildman–Crippen LogP) is 1.41. The molecule has 1 heterocycles. The molecule has 0 saturated heterocycles. The number of aromatic nitrogens is 2. The van der Waals surface area contributed by atoms with Gasteiger partial charge in [-0.1, -0.05) is 13.8 Å². The van der Waals surface area contributed by atoms with Gasteiger partial charge in [0.15, 0.2) is 0 Å². The Hall–Kier alpha value is -1.56. The number of methoxy groups -OCH3 is 2. The summed E-state index contributed by atoms with van der Waals surface area (Å²) in [6.45, 7) is 6.60. The third-order valence-corrected chi connectivity index (χ3v) is 3.20. The number of esters is 1. The van der Waals surface area contributed by atoms with Crippen molar-refractivity contribution < 1.29 is 14.3 Å². The Bertz CT molecular complexity index is 455. The van der Waals surface area contributed by atoms with Crippen LogP contribution in [0.5, 0.6) is 5.88 Å². The molecule has 1 N–H and O–H groups in total. The molecule has 0 bridgehead atoms. The number of hydrogen-bond donors (Lipinski definition) is 1. The number of nitrogens with zero attached hydrogens (tertiary/aromatic N) is 2. The summed E-state index contributed by atoms with van der Waals surface area (Å²) in [4.78, 5) is 11.8. The highest BCUT2D eigenvalue weighted by atomic mass is 16.5. The van der Waals surface area contributed by atoms with E-state index in [-0.39, 0.29) is 12.0 Å². The van der Waals surface area contributed by atoms with Gasteiger partial charge in [-0.3, -0.25) is 4.79 Å².